The second kappa shape index (κ2) is 7.43. The molecule has 2 aliphatic rings. The van der Waals surface area contributed by atoms with Crippen LogP contribution in [0.25, 0.3) is 22.0 Å². The molecule has 0 amide bonds. The molecule has 0 spiro atoms. The molecule has 0 saturated carbocycles. The number of aryl methyl sites for hydroxylation is 4. The Hall–Kier alpha value is -2.43. The molecular weight excluding hydrogens is 374 g/mol. The number of aromatic nitrogens is 2. The number of pyridine rings is 1. The molecule has 0 atom stereocenters. The molecule has 0 unspecified atom stereocenters. The average Bonchev–Trinajstić information content (AvgIpc) is 3.42. The van der Waals surface area contributed by atoms with E-state index >= 15 is 0 Å². The molecule has 1 aromatic carbocycles. The summed E-state index contributed by atoms with van der Waals surface area (Å²) in [4.78, 5) is 6.43. The standard InChI is InChI=1S/C15H18N2.C10H9NS/c1-10-7-11-3-6-17-14-4-5-16(2)9-13(14)12(8-10)15(11)17;1-8-6-12-7-10(8)9-2-4-11-5-3-9/h7-8H,3-6,9H2,1-2H3;2-7H,1H3. The lowest BCUT2D eigenvalue weighted by molar-refractivity contribution is 0.309. The van der Waals surface area contributed by atoms with Crippen LogP contribution in [-0.2, 0) is 25.9 Å². The van der Waals surface area contributed by atoms with Crippen molar-refractivity contribution in [2.24, 2.45) is 0 Å². The fourth-order valence-corrected chi connectivity index (χ4v) is 5.68. The quantitative estimate of drug-likeness (QED) is 0.413. The van der Waals surface area contributed by atoms with Gasteiger partial charge in [0, 0.05) is 49.5 Å². The third-order valence-electron chi connectivity index (χ3n) is 6.21. The van der Waals surface area contributed by atoms with E-state index in [0.717, 1.165) is 6.54 Å². The van der Waals surface area contributed by atoms with E-state index in [9.17, 15) is 0 Å². The zero-order chi connectivity index (χ0) is 20.0. The highest BCUT2D eigenvalue weighted by atomic mass is 32.1. The van der Waals surface area contributed by atoms with Gasteiger partial charge in [0.25, 0.3) is 0 Å². The second-order valence-corrected chi connectivity index (χ2v) is 9.08. The van der Waals surface area contributed by atoms with Crippen molar-refractivity contribution in [3.05, 3.63) is 75.4 Å². The highest BCUT2D eigenvalue weighted by Crippen LogP contribution is 2.37. The molecule has 4 heteroatoms. The van der Waals surface area contributed by atoms with E-state index in [0.29, 0.717) is 0 Å². The Balaban J connectivity index is 0.000000134. The van der Waals surface area contributed by atoms with Crippen LogP contribution in [0.4, 0.5) is 0 Å². The molecular formula is C25H27N3S. The maximum absolute atomic E-state index is 3.99. The monoisotopic (exact) mass is 401 g/mol. The van der Waals surface area contributed by atoms with Crippen LogP contribution in [0.15, 0.2) is 47.4 Å². The Kier molecular flexibility index (Phi) is 4.76. The van der Waals surface area contributed by atoms with Crippen LogP contribution in [0, 0.1) is 13.8 Å². The van der Waals surface area contributed by atoms with Crippen LogP contribution >= 0.6 is 11.3 Å². The Bertz CT molecular complexity index is 1170. The van der Waals surface area contributed by atoms with E-state index < -0.39 is 0 Å². The topological polar surface area (TPSA) is 21.1 Å². The van der Waals surface area contributed by atoms with Crippen molar-refractivity contribution in [3.8, 4) is 11.1 Å². The first kappa shape index (κ1) is 18.6. The third-order valence-corrected chi connectivity index (χ3v) is 7.07. The first-order valence-corrected chi connectivity index (χ1v) is 11.3. The Morgan fingerprint density at radius 3 is 2.59 bits per heavy atom. The van der Waals surface area contributed by atoms with Crippen LogP contribution in [0.3, 0.4) is 0 Å². The van der Waals surface area contributed by atoms with Crippen molar-refractivity contribution in [2.75, 3.05) is 13.6 Å². The largest absolute Gasteiger partial charge is 0.344 e. The zero-order valence-electron chi connectivity index (χ0n) is 17.4. The van der Waals surface area contributed by atoms with Gasteiger partial charge in [0.05, 0.1) is 5.52 Å². The minimum Gasteiger partial charge on any atom is -0.344 e. The van der Waals surface area contributed by atoms with Gasteiger partial charge >= 0.3 is 0 Å². The summed E-state index contributed by atoms with van der Waals surface area (Å²) in [6.45, 7) is 7.89. The number of benzene rings is 1. The normalized spacial score (nSPS) is 15.3. The van der Waals surface area contributed by atoms with E-state index in [2.05, 4.69) is 58.2 Å². The predicted molar refractivity (Wildman–Crippen MR) is 123 cm³/mol. The molecule has 0 bridgehead atoms. The molecule has 0 saturated heterocycles. The van der Waals surface area contributed by atoms with Crippen molar-refractivity contribution in [1.82, 2.24) is 14.5 Å². The van der Waals surface area contributed by atoms with Crippen LogP contribution in [0.5, 0.6) is 0 Å². The van der Waals surface area contributed by atoms with Gasteiger partial charge in [-0.2, -0.15) is 11.3 Å². The van der Waals surface area contributed by atoms with Crippen molar-refractivity contribution in [1.29, 1.82) is 0 Å². The number of thiophene rings is 1. The lowest BCUT2D eigenvalue weighted by atomic mass is 10.00. The summed E-state index contributed by atoms with van der Waals surface area (Å²) in [6, 6.07) is 8.84. The lowest BCUT2D eigenvalue weighted by Crippen LogP contribution is -2.27. The fraction of sp³-hybridized carbons (Fsp3) is 0.320. The molecule has 148 valence electrons. The van der Waals surface area contributed by atoms with Crippen molar-refractivity contribution >= 4 is 22.2 Å². The minimum absolute atomic E-state index is 1.13. The van der Waals surface area contributed by atoms with Gasteiger partial charge in [0.2, 0.25) is 0 Å². The summed E-state index contributed by atoms with van der Waals surface area (Å²) in [5, 5.41) is 5.86. The summed E-state index contributed by atoms with van der Waals surface area (Å²) in [5.74, 6) is 0. The SMILES string of the molecule is Cc1cc2c3c(c1)c1c(n3CC2)CCN(C)C1.Cc1cscc1-c1ccncc1. The number of nitrogens with zero attached hydrogens (tertiary/aromatic N) is 3. The molecule has 5 heterocycles. The molecule has 3 nitrogen and oxygen atoms in total. The molecule has 6 rings (SSSR count). The van der Waals surface area contributed by atoms with Gasteiger partial charge in [-0.25, -0.2) is 0 Å². The van der Waals surface area contributed by atoms with Crippen LogP contribution < -0.4 is 0 Å². The minimum atomic E-state index is 1.13. The van der Waals surface area contributed by atoms with E-state index in [4.69, 9.17) is 0 Å². The molecule has 29 heavy (non-hydrogen) atoms. The van der Waals surface area contributed by atoms with Gasteiger partial charge in [0.15, 0.2) is 0 Å². The highest BCUT2D eigenvalue weighted by molar-refractivity contribution is 7.08. The average molecular weight is 402 g/mol. The van der Waals surface area contributed by atoms with Crippen LogP contribution in [-0.4, -0.2) is 28.0 Å². The third kappa shape index (κ3) is 3.30. The highest BCUT2D eigenvalue weighted by Gasteiger charge is 2.26. The molecule has 0 N–H and O–H groups in total. The number of rotatable bonds is 1. The number of fused-ring (bicyclic) bond motifs is 3. The van der Waals surface area contributed by atoms with Crippen molar-refractivity contribution in [2.45, 2.75) is 39.8 Å². The molecule has 0 fully saturated rings. The first-order valence-electron chi connectivity index (χ1n) is 10.4. The Labute approximate surface area is 176 Å². The van der Waals surface area contributed by atoms with Gasteiger partial charge in [-0.1, -0.05) is 11.6 Å². The molecule has 0 radical (unpaired) electrons. The maximum atomic E-state index is 3.99. The smallest absolute Gasteiger partial charge is 0.0519 e. The maximum Gasteiger partial charge on any atom is 0.0519 e. The number of hydrogen-bond acceptors (Lipinski definition) is 3. The predicted octanol–water partition coefficient (Wildman–Crippen LogP) is 5.61. The fourth-order valence-electron chi connectivity index (χ4n) is 4.82. The summed E-state index contributed by atoms with van der Waals surface area (Å²) in [6.07, 6.45) is 6.11. The molecule has 4 aromatic rings. The Morgan fingerprint density at radius 1 is 1.00 bits per heavy atom. The van der Waals surface area contributed by atoms with Crippen molar-refractivity contribution < 1.29 is 0 Å². The van der Waals surface area contributed by atoms with E-state index in [-0.39, 0.29) is 0 Å². The molecule has 2 aliphatic heterocycles. The summed E-state index contributed by atoms with van der Waals surface area (Å²) in [5.41, 5.74) is 11.6. The van der Waals surface area contributed by atoms with Crippen molar-refractivity contribution in [3.63, 3.8) is 0 Å². The lowest BCUT2D eigenvalue weighted by Gasteiger charge is -2.24. The summed E-state index contributed by atoms with van der Waals surface area (Å²) in [7, 11) is 2.23. The molecule has 0 aliphatic carbocycles. The summed E-state index contributed by atoms with van der Waals surface area (Å²) < 4.78 is 2.59. The van der Waals surface area contributed by atoms with Gasteiger partial charge in [0.1, 0.15) is 0 Å². The van der Waals surface area contributed by atoms with Gasteiger partial charge in [-0.3, -0.25) is 4.98 Å². The van der Waals surface area contributed by atoms with Crippen LogP contribution in [0.2, 0.25) is 0 Å². The van der Waals surface area contributed by atoms with Gasteiger partial charge < -0.3 is 9.47 Å². The number of likely N-dealkylation sites (N-methyl/N-ethyl adjacent to an activating group) is 1. The van der Waals surface area contributed by atoms with E-state index in [1.165, 1.54) is 59.1 Å². The van der Waals surface area contributed by atoms with E-state index in [1.54, 1.807) is 28.2 Å². The molecule has 3 aromatic heterocycles. The summed E-state index contributed by atoms with van der Waals surface area (Å²) >= 11 is 1.74. The van der Waals surface area contributed by atoms with Gasteiger partial charge in [-0.05, 0) is 84.1 Å². The zero-order valence-corrected chi connectivity index (χ0v) is 18.2. The number of hydrogen-bond donors (Lipinski definition) is 0. The van der Waals surface area contributed by atoms with E-state index in [1.807, 2.05) is 24.5 Å². The van der Waals surface area contributed by atoms with Crippen LogP contribution in [0.1, 0.15) is 27.9 Å². The Morgan fingerprint density at radius 2 is 1.83 bits per heavy atom. The first-order chi connectivity index (χ1) is 14.1. The second-order valence-electron chi connectivity index (χ2n) is 8.34. The van der Waals surface area contributed by atoms with Gasteiger partial charge in [-0.15, -0.1) is 0 Å².